The highest BCUT2D eigenvalue weighted by molar-refractivity contribution is 5.95. The second-order valence-corrected chi connectivity index (χ2v) is 4.40. The van der Waals surface area contributed by atoms with E-state index in [0.717, 1.165) is 0 Å². The number of rotatable bonds is 3. The molecule has 0 fully saturated rings. The maximum Gasteiger partial charge on any atom is 0.255 e. The molecule has 4 heteroatoms. The standard InChI is InChI=1S/C13H15FN2O/c1-9(2)13(3,8-15)16-12(17)10-6-4-5-7-11(10)14/h4-7,9H,1-3H3,(H,16,17)/t13-/m1/s1. The zero-order chi connectivity index (χ0) is 13.1. The number of nitrogens with zero attached hydrogens (tertiary/aromatic N) is 1. The van der Waals surface area contributed by atoms with E-state index in [9.17, 15) is 9.18 Å². The summed E-state index contributed by atoms with van der Waals surface area (Å²) < 4.78 is 13.4. The number of amides is 1. The first-order chi connectivity index (χ1) is 7.90. The van der Waals surface area contributed by atoms with Crippen LogP contribution in [-0.4, -0.2) is 11.4 Å². The van der Waals surface area contributed by atoms with Crippen molar-refractivity contribution < 1.29 is 9.18 Å². The van der Waals surface area contributed by atoms with Crippen LogP contribution in [0, 0.1) is 23.1 Å². The minimum Gasteiger partial charge on any atom is -0.334 e. The van der Waals surface area contributed by atoms with Crippen LogP contribution in [0.3, 0.4) is 0 Å². The Hall–Kier alpha value is -1.89. The highest BCUT2D eigenvalue weighted by atomic mass is 19.1. The SMILES string of the molecule is CC(C)[C@@](C)(C#N)NC(=O)c1ccccc1F. The van der Waals surface area contributed by atoms with Crippen LogP contribution in [0.15, 0.2) is 24.3 Å². The number of benzene rings is 1. The molecule has 17 heavy (non-hydrogen) atoms. The first-order valence-electron chi connectivity index (χ1n) is 5.39. The van der Waals surface area contributed by atoms with Crippen molar-refractivity contribution in [3.8, 4) is 6.07 Å². The van der Waals surface area contributed by atoms with Crippen molar-refractivity contribution in [2.45, 2.75) is 26.3 Å². The summed E-state index contributed by atoms with van der Waals surface area (Å²) in [6.07, 6.45) is 0. The Morgan fingerprint density at radius 3 is 2.53 bits per heavy atom. The van der Waals surface area contributed by atoms with Crippen LogP contribution < -0.4 is 5.32 Å². The zero-order valence-corrected chi connectivity index (χ0v) is 10.1. The van der Waals surface area contributed by atoms with Crippen molar-refractivity contribution in [1.29, 1.82) is 5.26 Å². The lowest BCUT2D eigenvalue weighted by molar-refractivity contribution is 0.0904. The lowest BCUT2D eigenvalue weighted by atomic mass is 9.89. The molecule has 90 valence electrons. The van der Waals surface area contributed by atoms with Gasteiger partial charge in [0.25, 0.3) is 5.91 Å². The average molecular weight is 234 g/mol. The molecule has 0 aliphatic heterocycles. The molecule has 1 aromatic carbocycles. The molecule has 0 aromatic heterocycles. The van der Waals surface area contributed by atoms with Gasteiger partial charge in [-0.3, -0.25) is 4.79 Å². The molecule has 1 atom stereocenters. The number of hydrogen-bond donors (Lipinski definition) is 1. The number of carbonyl (C=O) groups is 1. The van der Waals surface area contributed by atoms with E-state index >= 15 is 0 Å². The highest BCUT2D eigenvalue weighted by Gasteiger charge is 2.30. The molecule has 1 amide bonds. The molecule has 1 aromatic rings. The highest BCUT2D eigenvalue weighted by Crippen LogP contribution is 2.16. The third kappa shape index (κ3) is 2.82. The van der Waals surface area contributed by atoms with Crippen molar-refractivity contribution in [3.63, 3.8) is 0 Å². The van der Waals surface area contributed by atoms with Gasteiger partial charge < -0.3 is 5.32 Å². The second-order valence-electron chi connectivity index (χ2n) is 4.40. The Bertz CT molecular complexity index is 465. The largest absolute Gasteiger partial charge is 0.334 e. The maximum atomic E-state index is 13.4. The van der Waals surface area contributed by atoms with Crippen molar-refractivity contribution in [2.24, 2.45) is 5.92 Å². The van der Waals surface area contributed by atoms with Gasteiger partial charge in [0, 0.05) is 0 Å². The number of nitriles is 1. The molecule has 0 unspecified atom stereocenters. The van der Waals surface area contributed by atoms with E-state index in [0.29, 0.717) is 0 Å². The Morgan fingerprint density at radius 2 is 2.06 bits per heavy atom. The van der Waals surface area contributed by atoms with E-state index in [1.165, 1.54) is 18.2 Å². The fourth-order valence-electron chi connectivity index (χ4n) is 1.25. The second kappa shape index (κ2) is 4.96. The van der Waals surface area contributed by atoms with Crippen LogP contribution in [0.1, 0.15) is 31.1 Å². The van der Waals surface area contributed by atoms with Gasteiger partial charge in [-0.15, -0.1) is 0 Å². The van der Waals surface area contributed by atoms with E-state index in [2.05, 4.69) is 5.32 Å². The monoisotopic (exact) mass is 234 g/mol. The molecule has 0 saturated heterocycles. The summed E-state index contributed by atoms with van der Waals surface area (Å²) in [6, 6.07) is 7.74. The molecule has 0 spiro atoms. The van der Waals surface area contributed by atoms with Crippen LogP contribution in [-0.2, 0) is 0 Å². The molecule has 1 rings (SSSR count). The molecule has 0 aliphatic carbocycles. The Kier molecular flexibility index (Phi) is 3.84. The van der Waals surface area contributed by atoms with Gasteiger partial charge in [-0.1, -0.05) is 26.0 Å². The Balaban J connectivity index is 2.95. The minimum atomic E-state index is -1.00. The molecule has 3 nitrogen and oxygen atoms in total. The van der Waals surface area contributed by atoms with Crippen LogP contribution in [0.5, 0.6) is 0 Å². The van der Waals surface area contributed by atoms with Crippen molar-refractivity contribution >= 4 is 5.91 Å². The van der Waals surface area contributed by atoms with E-state index < -0.39 is 17.3 Å². The summed E-state index contributed by atoms with van der Waals surface area (Å²) >= 11 is 0. The van der Waals surface area contributed by atoms with Crippen molar-refractivity contribution in [2.75, 3.05) is 0 Å². The fourth-order valence-corrected chi connectivity index (χ4v) is 1.25. The first kappa shape index (κ1) is 13.2. The van der Waals surface area contributed by atoms with Gasteiger partial charge in [0.1, 0.15) is 11.4 Å². The summed E-state index contributed by atoms with van der Waals surface area (Å²) in [5, 5.41) is 11.6. The fraction of sp³-hybridized carbons (Fsp3) is 0.385. The molecule has 0 bridgehead atoms. The lowest BCUT2D eigenvalue weighted by Gasteiger charge is -2.27. The number of hydrogen-bond acceptors (Lipinski definition) is 2. The van der Waals surface area contributed by atoms with Crippen LogP contribution in [0.2, 0.25) is 0 Å². The molecule has 1 N–H and O–H groups in total. The summed E-state index contributed by atoms with van der Waals surface area (Å²) in [7, 11) is 0. The lowest BCUT2D eigenvalue weighted by Crippen LogP contribution is -2.49. The van der Waals surface area contributed by atoms with E-state index in [-0.39, 0.29) is 11.5 Å². The summed E-state index contributed by atoms with van der Waals surface area (Å²) in [4.78, 5) is 11.8. The third-order valence-corrected chi connectivity index (χ3v) is 2.88. The molecule has 0 radical (unpaired) electrons. The average Bonchev–Trinajstić information content (AvgIpc) is 2.29. The normalized spacial score (nSPS) is 13.9. The molecular weight excluding hydrogens is 219 g/mol. The maximum absolute atomic E-state index is 13.4. The van der Waals surface area contributed by atoms with E-state index in [4.69, 9.17) is 5.26 Å². The Morgan fingerprint density at radius 1 is 1.47 bits per heavy atom. The Labute approximate surface area is 100 Å². The summed E-state index contributed by atoms with van der Waals surface area (Å²) in [5.74, 6) is -1.22. The number of nitrogens with one attached hydrogen (secondary N) is 1. The molecule has 0 heterocycles. The minimum absolute atomic E-state index is 0.0466. The summed E-state index contributed by atoms with van der Waals surface area (Å²) in [5.41, 5.74) is -1.05. The van der Waals surface area contributed by atoms with Crippen molar-refractivity contribution in [1.82, 2.24) is 5.32 Å². The first-order valence-corrected chi connectivity index (χ1v) is 5.39. The predicted molar refractivity (Wildman–Crippen MR) is 62.7 cm³/mol. The zero-order valence-electron chi connectivity index (χ0n) is 10.1. The predicted octanol–water partition coefficient (Wildman–Crippen LogP) is 2.49. The topological polar surface area (TPSA) is 52.9 Å². The van der Waals surface area contributed by atoms with E-state index in [1.54, 1.807) is 13.0 Å². The van der Waals surface area contributed by atoms with Gasteiger partial charge >= 0.3 is 0 Å². The summed E-state index contributed by atoms with van der Waals surface area (Å²) in [6.45, 7) is 5.27. The van der Waals surface area contributed by atoms with Gasteiger partial charge in [-0.25, -0.2) is 4.39 Å². The van der Waals surface area contributed by atoms with Crippen LogP contribution in [0.4, 0.5) is 4.39 Å². The molecular formula is C13H15FN2O. The van der Waals surface area contributed by atoms with Gasteiger partial charge in [-0.2, -0.15) is 5.26 Å². The van der Waals surface area contributed by atoms with E-state index in [1.807, 2.05) is 19.9 Å². The number of carbonyl (C=O) groups excluding carboxylic acids is 1. The quantitative estimate of drug-likeness (QED) is 0.873. The van der Waals surface area contributed by atoms with Crippen LogP contribution in [0.25, 0.3) is 0 Å². The van der Waals surface area contributed by atoms with Gasteiger partial charge in [0.2, 0.25) is 0 Å². The van der Waals surface area contributed by atoms with Gasteiger partial charge in [-0.05, 0) is 25.0 Å². The molecule has 0 saturated carbocycles. The third-order valence-electron chi connectivity index (χ3n) is 2.88. The van der Waals surface area contributed by atoms with Gasteiger partial charge in [0.05, 0.1) is 11.6 Å². The smallest absolute Gasteiger partial charge is 0.255 e. The number of halogens is 1. The van der Waals surface area contributed by atoms with Crippen LogP contribution >= 0.6 is 0 Å². The van der Waals surface area contributed by atoms with Gasteiger partial charge in [0.15, 0.2) is 0 Å². The molecule has 0 aliphatic rings. The van der Waals surface area contributed by atoms with Crippen molar-refractivity contribution in [3.05, 3.63) is 35.6 Å².